The Morgan fingerprint density at radius 3 is 2.80 bits per heavy atom. The Hall–Kier alpha value is -2.47. The minimum absolute atomic E-state index is 0.212. The van der Waals surface area contributed by atoms with Crippen LogP contribution in [0.1, 0.15) is 15.4 Å². The average Bonchev–Trinajstić information content (AvgIpc) is 3.11. The highest BCUT2D eigenvalue weighted by Crippen LogP contribution is 2.30. The molecule has 0 aliphatic carbocycles. The highest BCUT2D eigenvalue weighted by Gasteiger charge is 2.18. The highest BCUT2D eigenvalue weighted by atomic mass is 32.1. The number of aromatic nitrogens is 2. The van der Waals surface area contributed by atoms with Gasteiger partial charge in [-0.3, -0.25) is 9.78 Å². The zero-order chi connectivity index (χ0) is 13.9. The third kappa shape index (κ3) is 2.33. The molecule has 3 aromatic rings. The second-order valence-corrected chi connectivity index (χ2v) is 5.03. The fraction of sp³-hybridized carbons (Fsp3) is 0.0714. The molecule has 0 saturated carbocycles. The minimum Gasteiger partial charge on any atom is -0.359 e. The first-order valence-corrected chi connectivity index (χ1v) is 6.85. The summed E-state index contributed by atoms with van der Waals surface area (Å²) in [5.41, 5.74) is 3.73. The van der Waals surface area contributed by atoms with E-state index in [1.807, 2.05) is 30.3 Å². The lowest BCUT2D eigenvalue weighted by atomic mass is 10.1. The summed E-state index contributed by atoms with van der Waals surface area (Å²) in [4.78, 5) is 16.5. The monoisotopic (exact) mass is 285 g/mol. The van der Waals surface area contributed by atoms with E-state index < -0.39 is 0 Å². The molecule has 0 radical (unpaired) electrons. The van der Waals surface area contributed by atoms with E-state index in [1.54, 1.807) is 12.4 Å². The van der Waals surface area contributed by atoms with Crippen molar-refractivity contribution in [3.05, 3.63) is 52.7 Å². The maximum absolute atomic E-state index is 12.1. The standard InChI is InChI=1S/C14H11N3O2S/c1-9-12(16-14(18)11-7-15-8-20-11)13(17-19-9)10-5-3-2-4-6-10/h2-8H,1H3,(H,16,18). The molecule has 1 N–H and O–H groups in total. The maximum Gasteiger partial charge on any atom is 0.267 e. The van der Waals surface area contributed by atoms with Gasteiger partial charge in [0.2, 0.25) is 0 Å². The zero-order valence-corrected chi connectivity index (χ0v) is 11.5. The molecule has 20 heavy (non-hydrogen) atoms. The number of carbonyl (C=O) groups is 1. The van der Waals surface area contributed by atoms with Gasteiger partial charge in [-0.1, -0.05) is 35.5 Å². The fourth-order valence-corrected chi connectivity index (χ4v) is 2.33. The smallest absolute Gasteiger partial charge is 0.267 e. The molecule has 1 aromatic carbocycles. The number of carbonyl (C=O) groups excluding carboxylic acids is 1. The molecule has 0 unspecified atom stereocenters. The molecule has 0 aliphatic rings. The van der Waals surface area contributed by atoms with E-state index in [2.05, 4.69) is 15.5 Å². The van der Waals surface area contributed by atoms with E-state index in [0.717, 1.165) is 5.56 Å². The number of benzene rings is 1. The number of rotatable bonds is 3. The van der Waals surface area contributed by atoms with Crippen molar-refractivity contribution in [2.45, 2.75) is 6.92 Å². The molecule has 0 aliphatic heterocycles. The number of nitrogens with zero attached hydrogens (tertiary/aromatic N) is 2. The van der Waals surface area contributed by atoms with Crippen molar-refractivity contribution >= 4 is 22.9 Å². The van der Waals surface area contributed by atoms with Gasteiger partial charge in [-0.15, -0.1) is 11.3 Å². The average molecular weight is 285 g/mol. The number of nitrogens with one attached hydrogen (secondary N) is 1. The summed E-state index contributed by atoms with van der Waals surface area (Å²) in [5.74, 6) is 0.359. The van der Waals surface area contributed by atoms with E-state index in [0.29, 0.717) is 22.0 Å². The van der Waals surface area contributed by atoms with Crippen LogP contribution in [-0.2, 0) is 0 Å². The first kappa shape index (κ1) is 12.6. The van der Waals surface area contributed by atoms with Crippen molar-refractivity contribution in [3.8, 4) is 11.3 Å². The number of aryl methyl sites for hydroxylation is 1. The quantitative estimate of drug-likeness (QED) is 0.801. The third-order valence-corrected chi connectivity index (χ3v) is 3.58. The van der Waals surface area contributed by atoms with E-state index in [1.165, 1.54) is 17.5 Å². The Kier molecular flexibility index (Phi) is 3.30. The first-order chi connectivity index (χ1) is 9.75. The van der Waals surface area contributed by atoms with E-state index in [4.69, 9.17) is 4.52 Å². The van der Waals surface area contributed by atoms with Gasteiger partial charge in [0.25, 0.3) is 5.91 Å². The lowest BCUT2D eigenvalue weighted by molar-refractivity contribution is 0.103. The normalized spacial score (nSPS) is 10.4. The molecule has 0 fully saturated rings. The van der Waals surface area contributed by atoms with E-state index in [9.17, 15) is 4.79 Å². The predicted octanol–water partition coefficient (Wildman–Crippen LogP) is 3.36. The van der Waals surface area contributed by atoms with E-state index in [-0.39, 0.29) is 5.91 Å². The molecule has 6 heteroatoms. The van der Waals surface area contributed by atoms with Gasteiger partial charge in [0.05, 0.1) is 11.7 Å². The Bertz CT molecular complexity index is 720. The van der Waals surface area contributed by atoms with Crippen molar-refractivity contribution in [1.29, 1.82) is 0 Å². The van der Waals surface area contributed by atoms with Crippen LogP contribution in [0.3, 0.4) is 0 Å². The second kappa shape index (κ2) is 5.26. The van der Waals surface area contributed by atoms with Crippen LogP contribution in [0.25, 0.3) is 11.3 Å². The zero-order valence-electron chi connectivity index (χ0n) is 10.7. The number of amides is 1. The topological polar surface area (TPSA) is 68.0 Å². The van der Waals surface area contributed by atoms with E-state index >= 15 is 0 Å². The second-order valence-electron chi connectivity index (χ2n) is 4.15. The van der Waals surface area contributed by atoms with Crippen LogP contribution >= 0.6 is 11.3 Å². The van der Waals surface area contributed by atoms with Gasteiger partial charge in [0.1, 0.15) is 16.3 Å². The molecule has 2 aromatic heterocycles. The summed E-state index contributed by atoms with van der Waals surface area (Å²) in [6.45, 7) is 1.77. The van der Waals surface area contributed by atoms with Crippen molar-refractivity contribution in [3.63, 3.8) is 0 Å². The van der Waals surface area contributed by atoms with Gasteiger partial charge in [-0.05, 0) is 6.92 Å². The highest BCUT2D eigenvalue weighted by molar-refractivity contribution is 7.11. The first-order valence-electron chi connectivity index (χ1n) is 5.97. The molecule has 100 valence electrons. The van der Waals surface area contributed by atoms with Gasteiger partial charge >= 0.3 is 0 Å². The number of hydrogen-bond acceptors (Lipinski definition) is 5. The van der Waals surface area contributed by atoms with Crippen LogP contribution in [0.15, 0.2) is 46.6 Å². The number of thiazole rings is 1. The Morgan fingerprint density at radius 2 is 2.10 bits per heavy atom. The minimum atomic E-state index is -0.212. The van der Waals surface area contributed by atoms with Crippen LogP contribution in [-0.4, -0.2) is 16.0 Å². The summed E-state index contributed by atoms with van der Waals surface area (Å²) in [7, 11) is 0. The molecule has 1 amide bonds. The molecular formula is C14H11N3O2S. The number of hydrogen-bond donors (Lipinski definition) is 1. The van der Waals surface area contributed by atoms with Crippen molar-refractivity contribution in [1.82, 2.24) is 10.1 Å². The van der Waals surface area contributed by atoms with Gasteiger partial charge in [0.15, 0.2) is 5.76 Å². The molecule has 0 spiro atoms. The van der Waals surface area contributed by atoms with Gasteiger partial charge in [0, 0.05) is 5.56 Å². The molecular weight excluding hydrogens is 274 g/mol. The largest absolute Gasteiger partial charge is 0.359 e. The SMILES string of the molecule is Cc1onc(-c2ccccc2)c1NC(=O)c1cncs1. The summed E-state index contributed by atoms with van der Waals surface area (Å²) in [6.07, 6.45) is 1.53. The summed E-state index contributed by atoms with van der Waals surface area (Å²) < 4.78 is 5.19. The fourth-order valence-electron chi connectivity index (χ4n) is 1.82. The Labute approximate surface area is 119 Å². The summed E-state index contributed by atoms with van der Waals surface area (Å²) in [5, 5.41) is 6.85. The Morgan fingerprint density at radius 1 is 1.30 bits per heavy atom. The molecule has 5 nitrogen and oxygen atoms in total. The summed E-state index contributed by atoms with van der Waals surface area (Å²) in [6, 6.07) is 9.58. The Balaban J connectivity index is 1.94. The van der Waals surface area contributed by atoms with Crippen LogP contribution in [0.2, 0.25) is 0 Å². The van der Waals surface area contributed by atoms with Crippen LogP contribution in [0.5, 0.6) is 0 Å². The van der Waals surface area contributed by atoms with Crippen molar-refractivity contribution in [2.75, 3.05) is 5.32 Å². The van der Waals surface area contributed by atoms with Crippen molar-refractivity contribution in [2.24, 2.45) is 0 Å². The van der Waals surface area contributed by atoms with Crippen molar-refractivity contribution < 1.29 is 9.32 Å². The maximum atomic E-state index is 12.1. The molecule has 0 bridgehead atoms. The number of anilines is 1. The van der Waals surface area contributed by atoms with Crippen LogP contribution in [0, 0.1) is 6.92 Å². The molecule has 0 atom stereocenters. The molecule has 3 rings (SSSR count). The summed E-state index contributed by atoms with van der Waals surface area (Å²) >= 11 is 1.29. The van der Waals surface area contributed by atoms with Crippen LogP contribution < -0.4 is 5.32 Å². The lowest BCUT2D eigenvalue weighted by Gasteiger charge is -2.04. The van der Waals surface area contributed by atoms with Gasteiger partial charge in [-0.2, -0.15) is 0 Å². The van der Waals surface area contributed by atoms with Crippen LogP contribution in [0.4, 0.5) is 5.69 Å². The van der Waals surface area contributed by atoms with Gasteiger partial charge in [-0.25, -0.2) is 0 Å². The third-order valence-electron chi connectivity index (χ3n) is 2.80. The predicted molar refractivity (Wildman–Crippen MR) is 76.7 cm³/mol. The van der Waals surface area contributed by atoms with Gasteiger partial charge < -0.3 is 9.84 Å². The molecule has 2 heterocycles. The molecule has 0 saturated heterocycles. The lowest BCUT2D eigenvalue weighted by Crippen LogP contribution is -2.11.